The number of carboxylic acid groups (broad SMARTS) is 1. The summed E-state index contributed by atoms with van der Waals surface area (Å²) in [6.45, 7) is 0. The number of aliphatic carboxylic acids is 1. The highest BCUT2D eigenvalue weighted by Crippen LogP contribution is 2.38. The van der Waals surface area contributed by atoms with Crippen LogP contribution in [0.5, 0.6) is 0 Å². The third kappa shape index (κ3) is 4.26. The minimum Gasteiger partial charge on any atom is -0.481 e. The average molecular weight is 318 g/mol. The van der Waals surface area contributed by atoms with Crippen LogP contribution in [0, 0.1) is 11.8 Å². The number of aldehydes is 1. The topological polar surface area (TPSA) is 101 Å². The maximum Gasteiger partial charge on any atom is 0.338 e. The summed E-state index contributed by atoms with van der Waals surface area (Å²) in [7, 11) is 0. The van der Waals surface area contributed by atoms with Crippen molar-refractivity contribution in [2.45, 2.75) is 25.0 Å². The van der Waals surface area contributed by atoms with E-state index in [1.165, 1.54) is 12.2 Å². The Morgan fingerprint density at radius 2 is 1.96 bits per heavy atom. The van der Waals surface area contributed by atoms with E-state index in [1.54, 1.807) is 30.3 Å². The molecule has 0 amide bonds. The summed E-state index contributed by atoms with van der Waals surface area (Å²) in [5, 5.41) is 19.1. The second-order valence-electron chi connectivity index (χ2n) is 5.47. The number of rotatable bonds is 6. The summed E-state index contributed by atoms with van der Waals surface area (Å²) < 4.78 is 5.43. The molecule has 122 valence electrons. The van der Waals surface area contributed by atoms with Gasteiger partial charge in [0.2, 0.25) is 0 Å². The van der Waals surface area contributed by atoms with Crippen molar-refractivity contribution < 1.29 is 29.3 Å². The van der Waals surface area contributed by atoms with Gasteiger partial charge in [0.25, 0.3) is 0 Å². The lowest BCUT2D eigenvalue weighted by molar-refractivity contribution is -0.139. The van der Waals surface area contributed by atoms with Gasteiger partial charge in [0.15, 0.2) is 0 Å². The molecule has 23 heavy (non-hydrogen) atoms. The maximum absolute atomic E-state index is 12.1. The molecule has 6 nitrogen and oxygen atoms in total. The maximum atomic E-state index is 12.1. The Balaban J connectivity index is 2.15. The Labute approximate surface area is 133 Å². The van der Waals surface area contributed by atoms with E-state index < -0.39 is 36.0 Å². The van der Waals surface area contributed by atoms with Gasteiger partial charge in [-0.25, -0.2) is 4.79 Å². The molecule has 1 aliphatic rings. The van der Waals surface area contributed by atoms with E-state index in [0.717, 1.165) is 0 Å². The van der Waals surface area contributed by atoms with E-state index >= 15 is 0 Å². The Bertz CT molecular complexity index is 594. The van der Waals surface area contributed by atoms with Gasteiger partial charge >= 0.3 is 11.9 Å². The van der Waals surface area contributed by atoms with E-state index in [0.29, 0.717) is 11.8 Å². The SMILES string of the molecule is O=CC=C[C@H]1[C@H](OC(=O)c2ccccc2)CC(O)[C@@H]1CC(=O)O. The highest BCUT2D eigenvalue weighted by molar-refractivity contribution is 5.89. The van der Waals surface area contributed by atoms with E-state index in [1.807, 2.05) is 0 Å². The second kappa shape index (κ2) is 7.69. The van der Waals surface area contributed by atoms with Crippen molar-refractivity contribution in [2.24, 2.45) is 11.8 Å². The van der Waals surface area contributed by atoms with Crippen molar-refractivity contribution in [1.29, 1.82) is 0 Å². The number of carbonyl (C=O) groups is 3. The van der Waals surface area contributed by atoms with Gasteiger partial charge in [0.1, 0.15) is 12.4 Å². The molecule has 2 N–H and O–H groups in total. The number of carboxylic acids is 1. The number of hydrogen-bond acceptors (Lipinski definition) is 5. The highest BCUT2D eigenvalue weighted by Gasteiger charge is 2.44. The Morgan fingerprint density at radius 1 is 1.26 bits per heavy atom. The van der Waals surface area contributed by atoms with Gasteiger partial charge in [0.05, 0.1) is 18.1 Å². The van der Waals surface area contributed by atoms with Crippen molar-refractivity contribution in [3.05, 3.63) is 48.0 Å². The summed E-state index contributed by atoms with van der Waals surface area (Å²) >= 11 is 0. The largest absolute Gasteiger partial charge is 0.481 e. The first-order chi connectivity index (χ1) is 11.0. The molecule has 1 saturated carbocycles. The second-order valence-corrected chi connectivity index (χ2v) is 5.47. The molecule has 1 fully saturated rings. The molecule has 0 bridgehead atoms. The standard InChI is InChI=1S/C17H18O6/c18-8-4-7-12-13(9-16(20)21)14(19)10-15(12)23-17(22)11-5-2-1-3-6-11/h1-8,12-15,19H,9-10H2,(H,20,21)/t12-,13-,14?,15-/m1/s1. The number of aliphatic hydroxyl groups is 1. The predicted octanol–water partition coefficient (Wildman–Crippen LogP) is 1.44. The van der Waals surface area contributed by atoms with Gasteiger partial charge in [-0.15, -0.1) is 0 Å². The molecule has 0 aromatic heterocycles. The fourth-order valence-electron chi connectivity index (χ4n) is 2.92. The summed E-state index contributed by atoms with van der Waals surface area (Å²) in [5.74, 6) is -2.70. The lowest BCUT2D eigenvalue weighted by Gasteiger charge is -2.21. The van der Waals surface area contributed by atoms with E-state index in [2.05, 4.69) is 0 Å². The molecule has 0 saturated heterocycles. The lowest BCUT2D eigenvalue weighted by Crippen LogP contribution is -2.26. The van der Waals surface area contributed by atoms with Crippen LogP contribution in [0.2, 0.25) is 0 Å². The molecular weight excluding hydrogens is 300 g/mol. The zero-order valence-electron chi connectivity index (χ0n) is 12.4. The number of benzene rings is 1. The first kappa shape index (κ1) is 16.9. The summed E-state index contributed by atoms with van der Waals surface area (Å²) in [5.41, 5.74) is 0.377. The molecule has 1 aromatic rings. The zero-order valence-corrected chi connectivity index (χ0v) is 12.4. The minimum absolute atomic E-state index is 0.143. The molecule has 4 atom stereocenters. The van der Waals surface area contributed by atoms with Crippen LogP contribution in [0.4, 0.5) is 0 Å². The number of aliphatic hydroxyl groups excluding tert-OH is 1. The number of esters is 1. The quantitative estimate of drug-likeness (QED) is 0.467. The van der Waals surface area contributed by atoms with Gasteiger partial charge < -0.3 is 14.9 Å². The van der Waals surface area contributed by atoms with Crippen LogP contribution in [-0.4, -0.2) is 40.6 Å². The van der Waals surface area contributed by atoms with E-state index in [9.17, 15) is 19.5 Å². The molecule has 0 heterocycles. The Morgan fingerprint density at radius 3 is 2.57 bits per heavy atom. The van der Waals surface area contributed by atoms with Gasteiger partial charge in [0, 0.05) is 18.3 Å². The number of ether oxygens (including phenoxy) is 1. The van der Waals surface area contributed by atoms with Crippen LogP contribution in [0.1, 0.15) is 23.2 Å². The van der Waals surface area contributed by atoms with Crippen molar-refractivity contribution in [3.63, 3.8) is 0 Å². The fourth-order valence-corrected chi connectivity index (χ4v) is 2.92. The van der Waals surface area contributed by atoms with Crippen molar-refractivity contribution in [1.82, 2.24) is 0 Å². The van der Waals surface area contributed by atoms with Gasteiger partial charge in [-0.1, -0.05) is 24.3 Å². The molecule has 0 spiro atoms. The lowest BCUT2D eigenvalue weighted by atomic mass is 9.90. The number of allylic oxidation sites excluding steroid dienone is 1. The zero-order chi connectivity index (χ0) is 16.8. The molecule has 0 radical (unpaired) electrons. The van der Waals surface area contributed by atoms with Crippen molar-refractivity contribution in [3.8, 4) is 0 Å². The number of carbonyl (C=O) groups excluding carboxylic acids is 2. The highest BCUT2D eigenvalue weighted by atomic mass is 16.5. The fraction of sp³-hybridized carbons (Fsp3) is 0.353. The summed E-state index contributed by atoms with van der Waals surface area (Å²) in [6.07, 6.45) is 1.62. The molecule has 1 unspecified atom stereocenters. The van der Waals surface area contributed by atoms with Gasteiger partial charge in [-0.05, 0) is 18.2 Å². The predicted molar refractivity (Wildman–Crippen MR) is 80.7 cm³/mol. The normalized spacial score (nSPS) is 27.0. The van der Waals surface area contributed by atoms with Crippen LogP contribution in [0.3, 0.4) is 0 Å². The third-order valence-electron chi connectivity index (χ3n) is 3.98. The smallest absolute Gasteiger partial charge is 0.338 e. The van der Waals surface area contributed by atoms with E-state index in [-0.39, 0.29) is 12.8 Å². The molecule has 0 aliphatic heterocycles. The van der Waals surface area contributed by atoms with Crippen LogP contribution in [0.15, 0.2) is 42.5 Å². The van der Waals surface area contributed by atoms with Gasteiger partial charge in [-0.3, -0.25) is 9.59 Å². The third-order valence-corrected chi connectivity index (χ3v) is 3.98. The summed E-state index contributed by atoms with van der Waals surface area (Å²) in [6, 6.07) is 8.40. The van der Waals surface area contributed by atoms with Crippen LogP contribution in [-0.2, 0) is 14.3 Å². The average Bonchev–Trinajstić information content (AvgIpc) is 2.81. The molecule has 6 heteroatoms. The Hall–Kier alpha value is -2.47. The molecule has 1 aromatic carbocycles. The van der Waals surface area contributed by atoms with Crippen LogP contribution >= 0.6 is 0 Å². The van der Waals surface area contributed by atoms with Crippen LogP contribution < -0.4 is 0 Å². The minimum atomic E-state index is -1.05. The first-order valence-electron chi connectivity index (χ1n) is 7.30. The van der Waals surface area contributed by atoms with Crippen LogP contribution in [0.25, 0.3) is 0 Å². The molecular formula is C17H18O6. The van der Waals surface area contributed by atoms with E-state index in [4.69, 9.17) is 9.84 Å². The van der Waals surface area contributed by atoms with Crippen molar-refractivity contribution in [2.75, 3.05) is 0 Å². The summed E-state index contributed by atoms with van der Waals surface area (Å²) in [4.78, 5) is 33.6. The van der Waals surface area contributed by atoms with Crippen molar-refractivity contribution >= 4 is 18.2 Å². The monoisotopic (exact) mass is 318 g/mol. The Kier molecular flexibility index (Phi) is 5.65. The molecule has 1 aliphatic carbocycles. The first-order valence-corrected chi connectivity index (χ1v) is 7.30. The number of hydrogen-bond donors (Lipinski definition) is 2. The van der Waals surface area contributed by atoms with Gasteiger partial charge in [-0.2, -0.15) is 0 Å². The molecule has 2 rings (SSSR count).